The summed E-state index contributed by atoms with van der Waals surface area (Å²) in [5.74, 6) is -0.530. The number of hydrogen-bond acceptors (Lipinski definition) is 5. The molecule has 0 aliphatic carbocycles. The molecule has 0 bridgehead atoms. The number of fused-ring (bicyclic) bond motifs is 1. The number of carbonyl (C=O) groups excluding carboxylic acids is 1. The molecule has 4 aromatic rings. The zero-order valence-corrected chi connectivity index (χ0v) is 20.2. The van der Waals surface area contributed by atoms with Crippen molar-refractivity contribution in [3.8, 4) is 0 Å². The summed E-state index contributed by atoms with van der Waals surface area (Å²) in [7, 11) is 0. The summed E-state index contributed by atoms with van der Waals surface area (Å²) in [6, 6.07) is 20.9. The minimum atomic E-state index is -0.505. The van der Waals surface area contributed by atoms with Gasteiger partial charge < -0.3 is 9.47 Å². The lowest BCUT2D eigenvalue weighted by Gasteiger charge is -2.21. The van der Waals surface area contributed by atoms with Gasteiger partial charge in [0.15, 0.2) is 0 Å². The molecule has 1 unspecified atom stereocenters. The maximum absolute atomic E-state index is 13.3. The van der Waals surface area contributed by atoms with Crippen LogP contribution in [0.2, 0.25) is 0 Å². The van der Waals surface area contributed by atoms with Gasteiger partial charge in [0.25, 0.3) is 11.4 Å². The molecule has 1 aliphatic rings. The molecule has 2 heterocycles. The van der Waals surface area contributed by atoms with Gasteiger partial charge in [-0.1, -0.05) is 42.5 Å². The first-order valence-corrected chi connectivity index (χ1v) is 12.2. The van der Waals surface area contributed by atoms with Crippen LogP contribution in [-0.4, -0.2) is 38.3 Å². The first-order valence-electron chi connectivity index (χ1n) is 12.2. The van der Waals surface area contributed by atoms with Crippen LogP contribution >= 0.6 is 0 Å². The highest BCUT2D eigenvalue weighted by Crippen LogP contribution is 2.38. The van der Waals surface area contributed by atoms with E-state index in [1.54, 1.807) is 18.2 Å². The summed E-state index contributed by atoms with van der Waals surface area (Å²) in [4.78, 5) is 37.4. The molecule has 0 spiro atoms. The third-order valence-corrected chi connectivity index (χ3v) is 7.00. The fourth-order valence-electron chi connectivity index (χ4n) is 5.15. The molecule has 0 saturated carbocycles. The summed E-state index contributed by atoms with van der Waals surface area (Å²) < 4.78 is 2.02. The summed E-state index contributed by atoms with van der Waals surface area (Å²) >= 11 is 0. The number of non-ortho nitro benzene ring substituents is 2. The van der Waals surface area contributed by atoms with Crippen molar-refractivity contribution in [1.29, 1.82) is 0 Å². The normalized spacial score (nSPS) is 14.1. The fraction of sp³-hybridized carbons (Fsp3) is 0.250. The van der Waals surface area contributed by atoms with E-state index >= 15 is 0 Å². The number of rotatable bonds is 8. The number of nitrogens with zero attached hydrogens (tertiary/aromatic N) is 4. The molecule has 1 atom stereocenters. The van der Waals surface area contributed by atoms with E-state index in [-0.39, 0.29) is 23.7 Å². The molecule has 37 heavy (non-hydrogen) atoms. The summed E-state index contributed by atoms with van der Waals surface area (Å²) in [5.41, 5.74) is 3.12. The van der Waals surface area contributed by atoms with Gasteiger partial charge >= 0.3 is 0 Å². The molecule has 9 heteroatoms. The van der Waals surface area contributed by atoms with Gasteiger partial charge in [-0.2, -0.15) is 0 Å². The van der Waals surface area contributed by atoms with E-state index in [1.165, 1.54) is 24.3 Å². The van der Waals surface area contributed by atoms with Crippen molar-refractivity contribution in [2.24, 2.45) is 0 Å². The topological polar surface area (TPSA) is 112 Å². The Labute approximate surface area is 213 Å². The quantitative estimate of drug-likeness (QED) is 0.230. The van der Waals surface area contributed by atoms with Crippen LogP contribution in [0, 0.1) is 20.2 Å². The van der Waals surface area contributed by atoms with Gasteiger partial charge in [-0.3, -0.25) is 25.0 Å². The molecule has 188 valence electrons. The summed E-state index contributed by atoms with van der Waals surface area (Å²) in [6.45, 7) is 1.93. The third kappa shape index (κ3) is 5.06. The molecule has 1 amide bonds. The van der Waals surface area contributed by atoms with Gasteiger partial charge in [0, 0.05) is 73.3 Å². The van der Waals surface area contributed by atoms with Crippen molar-refractivity contribution < 1.29 is 14.6 Å². The van der Waals surface area contributed by atoms with Crippen molar-refractivity contribution in [3.05, 3.63) is 116 Å². The monoisotopic (exact) mass is 498 g/mol. The predicted molar refractivity (Wildman–Crippen MR) is 140 cm³/mol. The Kier molecular flexibility index (Phi) is 6.68. The molecule has 0 radical (unpaired) electrons. The largest absolute Gasteiger partial charge is 0.343 e. The molecular formula is C28H26N4O5. The Morgan fingerprint density at radius 2 is 1.57 bits per heavy atom. The standard InChI is InChI=1S/C28H26N4O5/c33-28(29-13-4-5-14-29)17-24(21-9-6-10-22(15-21)31(34)35)26-19-30(18-20-7-2-1-3-8-20)27-12-11-23(32(36)37)16-25(26)27/h1-3,6-12,15-16,19,24H,4-5,13-14,17-18H2. The molecule has 1 saturated heterocycles. The summed E-state index contributed by atoms with van der Waals surface area (Å²) in [5, 5.41) is 23.8. The van der Waals surface area contributed by atoms with Crippen LogP contribution in [0.15, 0.2) is 79.0 Å². The zero-order valence-electron chi connectivity index (χ0n) is 20.2. The van der Waals surface area contributed by atoms with Crippen molar-refractivity contribution in [2.75, 3.05) is 13.1 Å². The van der Waals surface area contributed by atoms with Crippen LogP contribution in [-0.2, 0) is 11.3 Å². The summed E-state index contributed by atoms with van der Waals surface area (Å²) in [6.07, 6.45) is 3.96. The second-order valence-electron chi connectivity index (χ2n) is 9.35. The minimum Gasteiger partial charge on any atom is -0.343 e. The van der Waals surface area contributed by atoms with E-state index in [0.717, 1.165) is 29.5 Å². The highest BCUT2D eigenvalue weighted by Gasteiger charge is 2.28. The maximum atomic E-state index is 13.3. The van der Waals surface area contributed by atoms with Gasteiger partial charge in [0.05, 0.1) is 9.85 Å². The Bertz CT molecular complexity index is 1470. The van der Waals surface area contributed by atoms with Crippen LogP contribution < -0.4 is 0 Å². The number of benzene rings is 3. The number of nitro benzene ring substituents is 2. The molecule has 0 N–H and O–H groups in total. The molecule has 3 aromatic carbocycles. The number of carbonyl (C=O) groups is 1. The van der Waals surface area contributed by atoms with E-state index in [0.29, 0.717) is 30.6 Å². The van der Waals surface area contributed by atoms with Crippen LogP contribution in [0.3, 0.4) is 0 Å². The zero-order chi connectivity index (χ0) is 25.9. The molecule has 9 nitrogen and oxygen atoms in total. The highest BCUT2D eigenvalue weighted by atomic mass is 16.6. The average Bonchev–Trinajstić information content (AvgIpc) is 3.57. The average molecular weight is 499 g/mol. The second-order valence-corrected chi connectivity index (χ2v) is 9.35. The van der Waals surface area contributed by atoms with E-state index in [1.807, 2.05) is 46.0 Å². The number of hydrogen-bond donors (Lipinski definition) is 0. The number of nitro groups is 2. The van der Waals surface area contributed by atoms with Gasteiger partial charge in [0.1, 0.15) is 0 Å². The second kappa shape index (κ2) is 10.2. The number of likely N-dealkylation sites (tertiary alicyclic amines) is 1. The molecule has 1 fully saturated rings. The smallest absolute Gasteiger partial charge is 0.270 e. The Hall–Kier alpha value is -4.53. The molecular weight excluding hydrogens is 472 g/mol. The first-order chi connectivity index (χ1) is 17.9. The van der Waals surface area contributed by atoms with Crippen LogP contribution in [0.5, 0.6) is 0 Å². The van der Waals surface area contributed by atoms with Crippen LogP contribution in [0.25, 0.3) is 10.9 Å². The first kappa shape index (κ1) is 24.2. The SMILES string of the molecule is O=C(CC(c1cccc([N+](=O)[O-])c1)c1cn(Cc2ccccc2)c2ccc([N+](=O)[O-])cc12)N1CCCC1. The number of aromatic nitrogens is 1. The van der Waals surface area contributed by atoms with Gasteiger partial charge in [-0.05, 0) is 35.6 Å². The Morgan fingerprint density at radius 3 is 2.27 bits per heavy atom. The van der Waals surface area contributed by atoms with E-state index in [2.05, 4.69) is 0 Å². The predicted octanol–water partition coefficient (Wildman–Crippen LogP) is 5.65. The molecule has 5 rings (SSSR count). The van der Waals surface area contributed by atoms with E-state index in [9.17, 15) is 25.0 Å². The molecule has 1 aliphatic heterocycles. The maximum Gasteiger partial charge on any atom is 0.270 e. The van der Waals surface area contributed by atoms with Crippen molar-refractivity contribution >= 4 is 28.2 Å². The lowest BCUT2D eigenvalue weighted by Crippen LogP contribution is -2.29. The van der Waals surface area contributed by atoms with Crippen molar-refractivity contribution in [2.45, 2.75) is 31.7 Å². The van der Waals surface area contributed by atoms with Crippen molar-refractivity contribution in [3.63, 3.8) is 0 Å². The molecule has 1 aromatic heterocycles. The minimum absolute atomic E-state index is 0.0246. The fourth-order valence-corrected chi connectivity index (χ4v) is 5.15. The Morgan fingerprint density at radius 1 is 0.865 bits per heavy atom. The number of amides is 1. The van der Waals surface area contributed by atoms with Crippen LogP contribution in [0.4, 0.5) is 11.4 Å². The van der Waals surface area contributed by atoms with Gasteiger partial charge in [0.2, 0.25) is 5.91 Å². The lowest BCUT2D eigenvalue weighted by atomic mass is 9.87. The third-order valence-electron chi connectivity index (χ3n) is 7.00. The highest BCUT2D eigenvalue weighted by molar-refractivity contribution is 5.88. The van der Waals surface area contributed by atoms with Crippen LogP contribution in [0.1, 0.15) is 41.9 Å². The Balaban J connectivity index is 1.66. The van der Waals surface area contributed by atoms with Gasteiger partial charge in [-0.25, -0.2) is 0 Å². The lowest BCUT2D eigenvalue weighted by molar-refractivity contribution is -0.385. The van der Waals surface area contributed by atoms with E-state index in [4.69, 9.17) is 0 Å². The van der Waals surface area contributed by atoms with Crippen molar-refractivity contribution in [1.82, 2.24) is 9.47 Å². The van der Waals surface area contributed by atoms with E-state index < -0.39 is 15.8 Å². The van der Waals surface area contributed by atoms with Gasteiger partial charge in [-0.15, -0.1) is 0 Å².